The van der Waals surface area contributed by atoms with Gasteiger partial charge in [0.25, 0.3) is 0 Å². The molecule has 0 aliphatic heterocycles. The molecule has 1 amide bonds. The predicted molar refractivity (Wildman–Crippen MR) is 78.3 cm³/mol. The van der Waals surface area contributed by atoms with Crippen LogP contribution in [-0.4, -0.2) is 11.0 Å². The van der Waals surface area contributed by atoms with Gasteiger partial charge in [-0.1, -0.05) is 32.9 Å². The second-order valence-corrected chi connectivity index (χ2v) is 5.44. The first-order valence-corrected chi connectivity index (χ1v) is 6.46. The molecule has 0 spiro atoms. The first-order valence-electron chi connectivity index (χ1n) is 6.46. The number of carbonyl (C=O) groups excluding carboxylic acids is 1. The number of phenolic OH excluding ortho intramolecular Hbond substituents is 1. The van der Waals surface area contributed by atoms with E-state index >= 15 is 0 Å². The molecule has 3 nitrogen and oxygen atoms in total. The lowest BCUT2D eigenvalue weighted by molar-refractivity contribution is -0.124. The van der Waals surface area contributed by atoms with Crippen molar-refractivity contribution in [1.29, 1.82) is 0 Å². The van der Waals surface area contributed by atoms with Crippen LogP contribution in [0.4, 0.5) is 5.69 Å². The summed E-state index contributed by atoms with van der Waals surface area (Å²) in [5, 5.41) is 14.3. The molecule has 0 radical (unpaired) electrons. The quantitative estimate of drug-likeness (QED) is 0.875. The van der Waals surface area contributed by atoms with E-state index in [9.17, 15) is 9.90 Å². The second-order valence-electron chi connectivity index (χ2n) is 5.44. The summed E-state index contributed by atoms with van der Waals surface area (Å²) >= 11 is 0. The lowest BCUT2D eigenvalue weighted by atomic mass is 9.89. The summed E-state index contributed by atoms with van der Waals surface area (Å²) in [5.41, 5.74) is 0.411. The number of nitrogens with one attached hydrogen (secondary N) is 1. The first-order chi connectivity index (χ1) is 8.92. The molecular weight excluding hydrogens is 238 g/mol. The summed E-state index contributed by atoms with van der Waals surface area (Å²) in [6.07, 6.45) is 0.792. The van der Waals surface area contributed by atoms with E-state index in [1.54, 1.807) is 12.1 Å². The Labute approximate surface area is 113 Å². The number of phenols is 1. The molecule has 0 saturated carbocycles. The molecule has 0 aliphatic rings. The Hall–Kier alpha value is -2.03. The highest BCUT2D eigenvalue weighted by Gasteiger charge is 2.25. The van der Waals surface area contributed by atoms with Gasteiger partial charge in [-0.15, -0.1) is 0 Å². The second kappa shape index (κ2) is 4.92. The molecule has 2 N–H and O–H groups in total. The molecule has 0 aliphatic carbocycles. The number of hydrogen-bond acceptors (Lipinski definition) is 2. The van der Waals surface area contributed by atoms with Crippen LogP contribution in [0.3, 0.4) is 0 Å². The van der Waals surface area contributed by atoms with Gasteiger partial charge in [-0.2, -0.15) is 0 Å². The Morgan fingerprint density at radius 2 is 1.79 bits per heavy atom. The SMILES string of the molecule is CCC(C)(C)C(=O)Nc1ccc2cc(O)ccc2c1. The third-order valence-electron chi connectivity index (χ3n) is 3.58. The molecule has 0 heterocycles. The zero-order chi connectivity index (χ0) is 14.0. The predicted octanol–water partition coefficient (Wildman–Crippen LogP) is 3.92. The van der Waals surface area contributed by atoms with Crippen LogP contribution in [0.15, 0.2) is 36.4 Å². The van der Waals surface area contributed by atoms with Crippen LogP contribution in [0.1, 0.15) is 27.2 Å². The fourth-order valence-corrected chi connectivity index (χ4v) is 1.77. The van der Waals surface area contributed by atoms with Crippen LogP contribution >= 0.6 is 0 Å². The highest BCUT2D eigenvalue weighted by molar-refractivity contribution is 5.97. The minimum atomic E-state index is -0.371. The van der Waals surface area contributed by atoms with E-state index in [1.807, 2.05) is 45.0 Å². The number of fused-ring (bicyclic) bond motifs is 1. The van der Waals surface area contributed by atoms with E-state index in [2.05, 4.69) is 5.32 Å². The van der Waals surface area contributed by atoms with Gasteiger partial charge >= 0.3 is 0 Å². The number of anilines is 1. The molecule has 3 heteroatoms. The number of benzene rings is 2. The van der Waals surface area contributed by atoms with Gasteiger partial charge in [0, 0.05) is 11.1 Å². The minimum Gasteiger partial charge on any atom is -0.508 e. The van der Waals surface area contributed by atoms with Crippen LogP contribution in [0.5, 0.6) is 5.75 Å². The standard InChI is InChI=1S/C16H19NO2/c1-4-16(2,3)15(19)17-13-7-5-12-10-14(18)8-6-11(12)9-13/h5-10,18H,4H2,1-3H3,(H,17,19). The van der Waals surface area contributed by atoms with Gasteiger partial charge in [0.2, 0.25) is 5.91 Å². The Morgan fingerprint density at radius 1 is 1.16 bits per heavy atom. The topological polar surface area (TPSA) is 49.3 Å². The van der Waals surface area contributed by atoms with Crippen LogP contribution in [-0.2, 0) is 4.79 Å². The Bertz CT molecular complexity index is 617. The molecule has 0 atom stereocenters. The van der Waals surface area contributed by atoms with E-state index in [4.69, 9.17) is 0 Å². The summed E-state index contributed by atoms with van der Waals surface area (Å²) in [4.78, 5) is 12.1. The average Bonchev–Trinajstić information content (AvgIpc) is 2.38. The van der Waals surface area contributed by atoms with E-state index in [-0.39, 0.29) is 17.1 Å². The van der Waals surface area contributed by atoms with Crippen molar-refractivity contribution in [3.8, 4) is 5.75 Å². The zero-order valence-corrected chi connectivity index (χ0v) is 11.5. The summed E-state index contributed by atoms with van der Waals surface area (Å²) in [6.45, 7) is 5.87. The van der Waals surface area contributed by atoms with Gasteiger partial charge in [-0.3, -0.25) is 4.79 Å². The molecule has 0 unspecified atom stereocenters. The molecule has 0 fully saturated rings. The normalized spacial score (nSPS) is 11.5. The molecular formula is C16H19NO2. The van der Waals surface area contributed by atoms with Crippen LogP contribution < -0.4 is 5.32 Å². The van der Waals surface area contributed by atoms with E-state index in [0.717, 1.165) is 22.9 Å². The molecule has 2 aromatic carbocycles. The molecule has 2 aromatic rings. The van der Waals surface area contributed by atoms with Gasteiger partial charge in [0.1, 0.15) is 5.75 Å². The number of hydrogen-bond donors (Lipinski definition) is 2. The third kappa shape index (κ3) is 2.87. The Kier molecular flexibility index (Phi) is 3.47. The lowest BCUT2D eigenvalue weighted by Crippen LogP contribution is -2.29. The van der Waals surface area contributed by atoms with Crippen molar-refractivity contribution in [2.75, 3.05) is 5.32 Å². The number of carbonyl (C=O) groups is 1. The zero-order valence-electron chi connectivity index (χ0n) is 11.5. The molecule has 100 valence electrons. The third-order valence-corrected chi connectivity index (χ3v) is 3.58. The van der Waals surface area contributed by atoms with Crippen LogP contribution in [0, 0.1) is 5.41 Å². The molecule has 0 saturated heterocycles. The highest BCUT2D eigenvalue weighted by atomic mass is 16.3. The minimum absolute atomic E-state index is 0.0214. The van der Waals surface area contributed by atoms with Crippen molar-refractivity contribution in [3.05, 3.63) is 36.4 Å². The number of rotatable bonds is 3. The van der Waals surface area contributed by atoms with Crippen molar-refractivity contribution < 1.29 is 9.90 Å². The first kappa shape index (κ1) is 13.4. The van der Waals surface area contributed by atoms with Gasteiger partial charge in [-0.05, 0) is 41.5 Å². The van der Waals surface area contributed by atoms with E-state index in [0.29, 0.717) is 0 Å². The maximum atomic E-state index is 12.1. The van der Waals surface area contributed by atoms with Crippen molar-refractivity contribution in [2.45, 2.75) is 27.2 Å². The molecule has 0 bridgehead atoms. The van der Waals surface area contributed by atoms with Gasteiger partial charge in [0.05, 0.1) is 0 Å². The van der Waals surface area contributed by atoms with Gasteiger partial charge in [0.15, 0.2) is 0 Å². The Morgan fingerprint density at radius 3 is 2.47 bits per heavy atom. The van der Waals surface area contributed by atoms with Gasteiger partial charge < -0.3 is 10.4 Å². The van der Waals surface area contributed by atoms with E-state index in [1.165, 1.54) is 0 Å². The fourth-order valence-electron chi connectivity index (χ4n) is 1.77. The molecule has 2 rings (SSSR count). The largest absolute Gasteiger partial charge is 0.508 e. The number of aromatic hydroxyl groups is 1. The fraction of sp³-hybridized carbons (Fsp3) is 0.312. The Balaban J connectivity index is 2.27. The van der Waals surface area contributed by atoms with Gasteiger partial charge in [-0.25, -0.2) is 0 Å². The smallest absolute Gasteiger partial charge is 0.230 e. The summed E-state index contributed by atoms with van der Waals surface area (Å²) in [5.74, 6) is 0.268. The highest BCUT2D eigenvalue weighted by Crippen LogP contribution is 2.26. The maximum Gasteiger partial charge on any atom is 0.230 e. The van der Waals surface area contributed by atoms with Crippen molar-refractivity contribution in [1.82, 2.24) is 0 Å². The summed E-state index contributed by atoms with van der Waals surface area (Å²) < 4.78 is 0. The van der Waals surface area contributed by atoms with Crippen molar-refractivity contribution >= 4 is 22.4 Å². The van der Waals surface area contributed by atoms with E-state index < -0.39 is 0 Å². The van der Waals surface area contributed by atoms with Crippen molar-refractivity contribution in [2.24, 2.45) is 5.41 Å². The van der Waals surface area contributed by atoms with Crippen LogP contribution in [0.2, 0.25) is 0 Å². The maximum absolute atomic E-state index is 12.1. The number of amides is 1. The summed E-state index contributed by atoms with van der Waals surface area (Å²) in [7, 11) is 0. The monoisotopic (exact) mass is 257 g/mol. The lowest BCUT2D eigenvalue weighted by Gasteiger charge is -2.21. The molecule has 19 heavy (non-hydrogen) atoms. The van der Waals surface area contributed by atoms with Crippen molar-refractivity contribution in [3.63, 3.8) is 0 Å². The molecule has 0 aromatic heterocycles. The van der Waals surface area contributed by atoms with Crippen LogP contribution in [0.25, 0.3) is 10.8 Å². The summed E-state index contributed by atoms with van der Waals surface area (Å²) in [6, 6.07) is 10.8. The average molecular weight is 257 g/mol.